The Labute approximate surface area is 100 Å². The highest BCUT2D eigenvalue weighted by Gasteiger charge is 2.08. The van der Waals surface area contributed by atoms with Crippen LogP contribution in [0.2, 0.25) is 0 Å². The molecule has 0 unspecified atom stereocenters. The molecule has 1 nitrogen and oxygen atoms in total. The van der Waals surface area contributed by atoms with E-state index in [1.54, 1.807) is 0 Å². The Morgan fingerprint density at radius 2 is 1.86 bits per heavy atom. The predicted octanol–water partition coefficient (Wildman–Crippen LogP) is 3.90. The summed E-state index contributed by atoms with van der Waals surface area (Å²) in [6.45, 7) is 6.60. The van der Waals surface area contributed by atoms with Gasteiger partial charge in [-0.05, 0) is 53.5 Å². The number of hydrogen-bond donors (Lipinski definition) is 0. The highest BCUT2D eigenvalue weighted by Crippen LogP contribution is 2.21. The van der Waals surface area contributed by atoms with Gasteiger partial charge in [0.05, 0.1) is 5.69 Å². The SMILES string of the molecule is CCCc1ncc(C)c(CCC)c1I. The van der Waals surface area contributed by atoms with E-state index in [0.717, 1.165) is 6.42 Å². The third-order valence-corrected chi connectivity index (χ3v) is 3.67. The van der Waals surface area contributed by atoms with Crippen LogP contribution >= 0.6 is 22.6 Å². The van der Waals surface area contributed by atoms with E-state index in [2.05, 4.69) is 48.3 Å². The zero-order chi connectivity index (χ0) is 10.6. The molecule has 1 aromatic rings. The Kier molecular flexibility index (Phi) is 4.85. The molecule has 0 radical (unpaired) electrons. The summed E-state index contributed by atoms with van der Waals surface area (Å²) in [6.07, 6.45) is 6.71. The molecule has 14 heavy (non-hydrogen) atoms. The first-order valence-electron chi connectivity index (χ1n) is 5.33. The normalized spacial score (nSPS) is 10.6. The van der Waals surface area contributed by atoms with Crippen LogP contribution in [0.5, 0.6) is 0 Å². The largest absolute Gasteiger partial charge is 0.260 e. The van der Waals surface area contributed by atoms with Gasteiger partial charge in [-0.25, -0.2) is 0 Å². The maximum absolute atomic E-state index is 4.50. The Morgan fingerprint density at radius 3 is 2.43 bits per heavy atom. The lowest BCUT2D eigenvalue weighted by Crippen LogP contribution is -2.01. The molecule has 0 N–H and O–H groups in total. The van der Waals surface area contributed by atoms with Crippen molar-refractivity contribution < 1.29 is 0 Å². The third kappa shape index (κ3) is 2.69. The molecule has 0 spiro atoms. The van der Waals surface area contributed by atoms with Crippen LogP contribution in [0.25, 0.3) is 0 Å². The average molecular weight is 303 g/mol. The van der Waals surface area contributed by atoms with Gasteiger partial charge in [-0.15, -0.1) is 0 Å². The standard InChI is InChI=1S/C12H18IN/c1-4-6-10-9(3)8-14-11(7-5-2)12(10)13/h8H,4-7H2,1-3H3. The lowest BCUT2D eigenvalue weighted by molar-refractivity contribution is 0.845. The number of aryl methyl sites for hydroxylation is 2. The van der Waals surface area contributed by atoms with Crippen molar-refractivity contribution in [2.75, 3.05) is 0 Å². The van der Waals surface area contributed by atoms with Crippen molar-refractivity contribution in [3.05, 3.63) is 26.6 Å². The van der Waals surface area contributed by atoms with E-state index in [-0.39, 0.29) is 0 Å². The van der Waals surface area contributed by atoms with E-state index >= 15 is 0 Å². The first kappa shape index (κ1) is 12.0. The second kappa shape index (κ2) is 5.69. The number of hydrogen-bond acceptors (Lipinski definition) is 1. The van der Waals surface area contributed by atoms with Crippen LogP contribution in [0, 0.1) is 10.5 Å². The minimum atomic E-state index is 1.11. The molecule has 0 saturated carbocycles. The summed E-state index contributed by atoms with van der Waals surface area (Å²) in [7, 11) is 0. The number of halogens is 1. The zero-order valence-corrected chi connectivity index (χ0v) is 11.4. The van der Waals surface area contributed by atoms with Gasteiger partial charge in [0.1, 0.15) is 0 Å². The van der Waals surface area contributed by atoms with Gasteiger partial charge in [0, 0.05) is 9.77 Å². The van der Waals surface area contributed by atoms with Crippen molar-refractivity contribution in [2.45, 2.75) is 46.5 Å². The first-order chi connectivity index (χ1) is 6.70. The van der Waals surface area contributed by atoms with Crippen molar-refractivity contribution in [3.63, 3.8) is 0 Å². The average Bonchev–Trinajstić information content (AvgIpc) is 2.17. The molecule has 0 bridgehead atoms. The van der Waals surface area contributed by atoms with Gasteiger partial charge in [0.15, 0.2) is 0 Å². The van der Waals surface area contributed by atoms with Gasteiger partial charge in [-0.1, -0.05) is 26.7 Å². The molecule has 0 aromatic carbocycles. The summed E-state index contributed by atoms with van der Waals surface area (Å²) in [4.78, 5) is 4.50. The molecule has 1 heterocycles. The fourth-order valence-corrected chi connectivity index (χ4v) is 2.73. The molecule has 1 aromatic heterocycles. The highest BCUT2D eigenvalue weighted by atomic mass is 127. The van der Waals surface area contributed by atoms with E-state index in [1.807, 2.05) is 6.20 Å². The van der Waals surface area contributed by atoms with E-state index in [4.69, 9.17) is 0 Å². The molecule has 1 rings (SSSR count). The smallest absolute Gasteiger partial charge is 0.0539 e. The van der Waals surface area contributed by atoms with E-state index in [1.165, 1.54) is 39.7 Å². The first-order valence-corrected chi connectivity index (χ1v) is 6.41. The molecular formula is C12H18IN. The number of nitrogens with zero attached hydrogens (tertiary/aromatic N) is 1. The van der Waals surface area contributed by atoms with Gasteiger partial charge < -0.3 is 0 Å². The molecular weight excluding hydrogens is 285 g/mol. The van der Waals surface area contributed by atoms with Crippen LogP contribution in [0.4, 0.5) is 0 Å². The molecule has 0 saturated heterocycles. The molecule has 0 fully saturated rings. The lowest BCUT2D eigenvalue weighted by atomic mass is 10.0. The Morgan fingerprint density at radius 1 is 1.21 bits per heavy atom. The maximum atomic E-state index is 4.50. The molecule has 0 amide bonds. The summed E-state index contributed by atoms with van der Waals surface area (Å²) in [6, 6.07) is 0. The van der Waals surface area contributed by atoms with Crippen molar-refractivity contribution >= 4 is 22.6 Å². The van der Waals surface area contributed by atoms with Crippen molar-refractivity contribution in [2.24, 2.45) is 0 Å². The second-order valence-electron chi connectivity index (χ2n) is 3.68. The van der Waals surface area contributed by atoms with Gasteiger partial charge in [0.2, 0.25) is 0 Å². The quantitative estimate of drug-likeness (QED) is 0.769. The minimum absolute atomic E-state index is 1.11. The van der Waals surface area contributed by atoms with Crippen LogP contribution in [0.3, 0.4) is 0 Å². The summed E-state index contributed by atoms with van der Waals surface area (Å²) in [5.74, 6) is 0. The van der Waals surface area contributed by atoms with Gasteiger partial charge in [-0.2, -0.15) is 0 Å². The molecule has 0 aliphatic carbocycles. The van der Waals surface area contributed by atoms with E-state index in [9.17, 15) is 0 Å². The van der Waals surface area contributed by atoms with Gasteiger partial charge >= 0.3 is 0 Å². The van der Waals surface area contributed by atoms with Gasteiger partial charge in [0.25, 0.3) is 0 Å². The monoisotopic (exact) mass is 303 g/mol. The summed E-state index contributed by atoms with van der Waals surface area (Å²) in [5.41, 5.74) is 4.13. The molecule has 0 atom stereocenters. The fourth-order valence-electron chi connectivity index (χ4n) is 1.62. The zero-order valence-electron chi connectivity index (χ0n) is 9.23. The van der Waals surface area contributed by atoms with Crippen molar-refractivity contribution in [1.29, 1.82) is 0 Å². The van der Waals surface area contributed by atoms with Crippen LogP contribution in [0.15, 0.2) is 6.20 Å². The lowest BCUT2D eigenvalue weighted by Gasteiger charge is -2.10. The number of rotatable bonds is 4. The highest BCUT2D eigenvalue weighted by molar-refractivity contribution is 14.1. The number of aromatic nitrogens is 1. The summed E-state index contributed by atoms with van der Waals surface area (Å²) < 4.78 is 1.39. The summed E-state index contributed by atoms with van der Waals surface area (Å²) >= 11 is 2.45. The minimum Gasteiger partial charge on any atom is -0.260 e. The fraction of sp³-hybridized carbons (Fsp3) is 0.583. The number of pyridine rings is 1. The maximum Gasteiger partial charge on any atom is 0.0539 e. The van der Waals surface area contributed by atoms with Crippen LogP contribution in [0.1, 0.15) is 43.5 Å². The van der Waals surface area contributed by atoms with Crippen LogP contribution in [-0.2, 0) is 12.8 Å². The third-order valence-electron chi connectivity index (χ3n) is 2.40. The molecule has 0 aliphatic heterocycles. The van der Waals surface area contributed by atoms with Crippen LogP contribution < -0.4 is 0 Å². The molecule has 78 valence electrons. The van der Waals surface area contributed by atoms with Crippen molar-refractivity contribution in [3.8, 4) is 0 Å². The Bertz CT molecular complexity index is 307. The van der Waals surface area contributed by atoms with Gasteiger partial charge in [-0.3, -0.25) is 4.98 Å². The van der Waals surface area contributed by atoms with Crippen LogP contribution in [-0.4, -0.2) is 4.98 Å². The topological polar surface area (TPSA) is 12.9 Å². The summed E-state index contributed by atoms with van der Waals surface area (Å²) in [5, 5.41) is 0. The van der Waals surface area contributed by atoms with E-state index < -0.39 is 0 Å². The molecule has 2 heteroatoms. The Hall–Kier alpha value is -0.120. The van der Waals surface area contributed by atoms with E-state index in [0.29, 0.717) is 0 Å². The molecule has 0 aliphatic rings. The predicted molar refractivity (Wildman–Crippen MR) is 69.7 cm³/mol. The second-order valence-corrected chi connectivity index (χ2v) is 4.76. The van der Waals surface area contributed by atoms with Crippen molar-refractivity contribution in [1.82, 2.24) is 4.98 Å². The Balaban J connectivity index is 3.05.